The molecule has 1 unspecified atom stereocenters. The fourth-order valence-corrected chi connectivity index (χ4v) is 2.81. The summed E-state index contributed by atoms with van der Waals surface area (Å²) in [6.45, 7) is 9.29. The van der Waals surface area contributed by atoms with Crippen molar-refractivity contribution in [2.24, 2.45) is 0 Å². The lowest BCUT2D eigenvalue weighted by molar-refractivity contribution is 0.124. The third-order valence-corrected chi connectivity index (χ3v) is 3.73. The Morgan fingerprint density at radius 2 is 2.00 bits per heavy atom. The molecule has 104 valence electrons. The van der Waals surface area contributed by atoms with E-state index < -0.39 is 5.54 Å². The molecule has 1 fully saturated rings. The Morgan fingerprint density at radius 3 is 2.44 bits per heavy atom. The van der Waals surface area contributed by atoms with Crippen molar-refractivity contribution >= 4 is 0 Å². The maximum absolute atomic E-state index is 9.38. The molecule has 0 aliphatic carbocycles. The van der Waals surface area contributed by atoms with Gasteiger partial charge in [0.25, 0.3) is 0 Å². The zero-order valence-corrected chi connectivity index (χ0v) is 12.5. The lowest BCUT2D eigenvalue weighted by Gasteiger charge is -2.38. The lowest BCUT2D eigenvalue weighted by atomic mass is 9.98. The van der Waals surface area contributed by atoms with Crippen molar-refractivity contribution in [3.05, 3.63) is 0 Å². The Labute approximate surface area is 112 Å². The molecule has 0 radical (unpaired) electrons. The molecule has 1 saturated heterocycles. The zero-order chi connectivity index (χ0) is 13.8. The van der Waals surface area contributed by atoms with Gasteiger partial charge in [-0.1, -0.05) is 0 Å². The molecule has 4 heteroatoms. The van der Waals surface area contributed by atoms with Crippen molar-refractivity contribution in [2.45, 2.75) is 51.2 Å². The zero-order valence-electron chi connectivity index (χ0n) is 12.5. The second kappa shape index (κ2) is 6.51. The summed E-state index contributed by atoms with van der Waals surface area (Å²) in [5, 5.41) is 12.7. The van der Waals surface area contributed by atoms with Crippen molar-refractivity contribution in [3.8, 4) is 6.07 Å². The van der Waals surface area contributed by atoms with Gasteiger partial charge in [-0.3, -0.25) is 5.32 Å². The average molecular weight is 252 g/mol. The third-order valence-electron chi connectivity index (χ3n) is 3.73. The minimum Gasteiger partial charge on any atom is -0.306 e. The Morgan fingerprint density at radius 1 is 1.44 bits per heavy atom. The molecule has 4 nitrogen and oxygen atoms in total. The van der Waals surface area contributed by atoms with Crippen LogP contribution in [-0.4, -0.2) is 61.2 Å². The summed E-state index contributed by atoms with van der Waals surface area (Å²) >= 11 is 0. The van der Waals surface area contributed by atoms with E-state index >= 15 is 0 Å². The van der Waals surface area contributed by atoms with Gasteiger partial charge in [-0.05, 0) is 60.8 Å². The van der Waals surface area contributed by atoms with Gasteiger partial charge in [0.1, 0.15) is 5.54 Å². The van der Waals surface area contributed by atoms with Crippen LogP contribution in [0.2, 0.25) is 0 Å². The summed E-state index contributed by atoms with van der Waals surface area (Å²) < 4.78 is 0. The minimum atomic E-state index is -0.452. The number of hydrogen-bond acceptors (Lipinski definition) is 4. The number of likely N-dealkylation sites (tertiary alicyclic amines) is 1. The van der Waals surface area contributed by atoms with E-state index in [1.807, 2.05) is 6.92 Å². The molecular formula is C14H28N4. The van der Waals surface area contributed by atoms with Gasteiger partial charge in [-0.25, -0.2) is 0 Å². The van der Waals surface area contributed by atoms with Gasteiger partial charge in [0, 0.05) is 18.6 Å². The highest BCUT2D eigenvalue weighted by Gasteiger charge is 2.30. The van der Waals surface area contributed by atoms with Crippen LogP contribution >= 0.6 is 0 Å². The van der Waals surface area contributed by atoms with E-state index in [1.165, 1.54) is 12.8 Å². The predicted octanol–water partition coefficient (Wildman–Crippen LogP) is 1.29. The Balaban J connectivity index is 2.52. The standard InChI is InChI=1S/C14H28N4/c1-12(2)16-14(3,10-15)11-18(5)13-6-8-17(4)9-7-13/h12-13,16H,6-9,11H2,1-5H3. The molecule has 0 aromatic heterocycles. The molecule has 1 aliphatic heterocycles. The Kier molecular flexibility index (Phi) is 5.58. The molecule has 1 rings (SSSR count). The fraction of sp³-hybridized carbons (Fsp3) is 0.929. The Bertz CT molecular complexity index is 289. The van der Waals surface area contributed by atoms with Gasteiger partial charge in [-0.2, -0.15) is 5.26 Å². The van der Waals surface area contributed by atoms with E-state index in [-0.39, 0.29) is 0 Å². The largest absolute Gasteiger partial charge is 0.306 e. The van der Waals surface area contributed by atoms with E-state index in [0.29, 0.717) is 12.1 Å². The smallest absolute Gasteiger partial charge is 0.116 e. The lowest BCUT2D eigenvalue weighted by Crippen LogP contribution is -2.55. The molecule has 1 heterocycles. The summed E-state index contributed by atoms with van der Waals surface area (Å²) in [7, 11) is 4.32. The van der Waals surface area contributed by atoms with Crippen molar-refractivity contribution in [2.75, 3.05) is 33.7 Å². The second-order valence-electron chi connectivity index (χ2n) is 6.19. The first-order valence-electron chi connectivity index (χ1n) is 6.94. The fourth-order valence-electron chi connectivity index (χ4n) is 2.81. The number of nitrogens with one attached hydrogen (secondary N) is 1. The topological polar surface area (TPSA) is 42.3 Å². The second-order valence-corrected chi connectivity index (χ2v) is 6.19. The first kappa shape index (κ1) is 15.4. The highest BCUT2D eigenvalue weighted by molar-refractivity contribution is 5.06. The van der Waals surface area contributed by atoms with E-state index in [1.54, 1.807) is 0 Å². The van der Waals surface area contributed by atoms with Gasteiger partial charge in [-0.15, -0.1) is 0 Å². The van der Waals surface area contributed by atoms with Gasteiger partial charge >= 0.3 is 0 Å². The Hall–Kier alpha value is -0.630. The van der Waals surface area contributed by atoms with Crippen molar-refractivity contribution in [1.82, 2.24) is 15.1 Å². The molecule has 1 N–H and O–H groups in total. The van der Waals surface area contributed by atoms with Crippen LogP contribution in [0.4, 0.5) is 0 Å². The molecule has 0 aromatic carbocycles. The molecule has 0 bridgehead atoms. The van der Waals surface area contributed by atoms with Crippen molar-refractivity contribution in [3.63, 3.8) is 0 Å². The number of hydrogen-bond donors (Lipinski definition) is 1. The first-order valence-corrected chi connectivity index (χ1v) is 6.94. The molecule has 0 amide bonds. The van der Waals surface area contributed by atoms with Crippen LogP contribution in [0.1, 0.15) is 33.6 Å². The maximum atomic E-state index is 9.38. The summed E-state index contributed by atoms with van der Waals surface area (Å²) in [5.41, 5.74) is -0.452. The number of piperidine rings is 1. The molecular weight excluding hydrogens is 224 g/mol. The number of nitriles is 1. The van der Waals surface area contributed by atoms with Crippen LogP contribution in [0.25, 0.3) is 0 Å². The van der Waals surface area contributed by atoms with Crippen LogP contribution in [-0.2, 0) is 0 Å². The van der Waals surface area contributed by atoms with Crippen LogP contribution in [0.5, 0.6) is 0 Å². The summed E-state index contributed by atoms with van der Waals surface area (Å²) in [6.07, 6.45) is 2.41. The number of nitrogens with zero attached hydrogens (tertiary/aromatic N) is 3. The normalized spacial score (nSPS) is 22.1. The molecule has 1 atom stereocenters. The van der Waals surface area contributed by atoms with E-state index in [0.717, 1.165) is 19.6 Å². The monoisotopic (exact) mass is 252 g/mol. The SMILES string of the molecule is CC(C)NC(C)(C#N)CN(C)C1CCN(C)CC1. The van der Waals surface area contributed by atoms with Gasteiger partial charge in [0.15, 0.2) is 0 Å². The summed E-state index contributed by atoms with van der Waals surface area (Å²) in [4.78, 5) is 4.73. The van der Waals surface area contributed by atoms with Crippen molar-refractivity contribution < 1.29 is 0 Å². The number of rotatable bonds is 5. The van der Waals surface area contributed by atoms with Gasteiger partial charge < -0.3 is 9.80 Å². The average Bonchev–Trinajstić information content (AvgIpc) is 2.28. The quantitative estimate of drug-likeness (QED) is 0.801. The molecule has 1 aliphatic rings. The predicted molar refractivity (Wildman–Crippen MR) is 75.4 cm³/mol. The van der Waals surface area contributed by atoms with Crippen LogP contribution in [0.3, 0.4) is 0 Å². The molecule has 0 saturated carbocycles. The highest BCUT2D eigenvalue weighted by Crippen LogP contribution is 2.17. The van der Waals surface area contributed by atoms with Crippen LogP contribution in [0, 0.1) is 11.3 Å². The van der Waals surface area contributed by atoms with Crippen LogP contribution < -0.4 is 5.32 Å². The molecule has 0 spiro atoms. The van der Waals surface area contributed by atoms with Crippen molar-refractivity contribution in [1.29, 1.82) is 5.26 Å². The van der Waals surface area contributed by atoms with Gasteiger partial charge in [0.05, 0.1) is 6.07 Å². The first-order chi connectivity index (χ1) is 8.36. The highest BCUT2D eigenvalue weighted by atomic mass is 15.2. The maximum Gasteiger partial charge on any atom is 0.116 e. The van der Waals surface area contributed by atoms with E-state index in [9.17, 15) is 5.26 Å². The van der Waals surface area contributed by atoms with Crippen LogP contribution in [0.15, 0.2) is 0 Å². The minimum absolute atomic E-state index is 0.334. The third kappa shape index (κ3) is 4.56. The summed E-state index contributed by atoms with van der Waals surface area (Å²) in [5.74, 6) is 0. The summed E-state index contributed by atoms with van der Waals surface area (Å²) in [6, 6.07) is 3.37. The molecule has 0 aromatic rings. The van der Waals surface area contributed by atoms with E-state index in [4.69, 9.17) is 0 Å². The van der Waals surface area contributed by atoms with Gasteiger partial charge in [0.2, 0.25) is 0 Å². The number of likely N-dealkylation sites (N-methyl/N-ethyl adjacent to an activating group) is 1. The molecule has 18 heavy (non-hydrogen) atoms. The van der Waals surface area contributed by atoms with E-state index in [2.05, 4.69) is 49.1 Å².